The molecule has 0 saturated heterocycles. The van der Waals surface area contributed by atoms with E-state index in [1.165, 1.54) is 12.1 Å². The molecule has 0 heterocycles. The van der Waals surface area contributed by atoms with Crippen molar-refractivity contribution >= 4 is 24.6 Å². The summed E-state index contributed by atoms with van der Waals surface area (Å²) in [6, 6.07) is 2.79. The van der Waals surface area contributed by atoms with Crippen molar-refractivity contribution < 1.29 is 19.4 Å². The van der Waals surface area contributed by atoms with Gasteiger partial charge in [0.25, 0.3) is 0 Å². The van der Waals surface area contributed by atoms with Crippen LogP contribution in [0.25, 0.3) is 0 Å². The molecule has 0 unspecified atom stereocenters. The number of aromatic carboxylic acids is 1. The van der Waals surface area contributed by atoms with Gasteiger partial charge in [0.05, 0.1) is 17.7 Å². The molecule has 0 aliphatic rings. The smallest absolute Gasteiger partial charge is 0.338 e. The van der Waals surface area contributed by atoms with Gasteiger partial charge in [0, 0.05) is 4.90 Å². The summed E-state index contributed by atoms with van der Waals surface area (Å²) in [5.41, 5.74) is 0.937. The maximum Gasteiger partial charge on any atom is 0.338 e. The first-order valence-corrected chi connectivity index (χ1v) is 5.16. The highest BCUT2D eigenvalue weighted by Gasteiger charge is 2.16. The number of benzene rings is 1. The second-order valence-corrected chi connectivity index (χ2v) is 3.61. The molecule has 1 aromatic rings. The van der Waals surface area contributed by atoms with Crippen molar-refractivity contribution in [1.82, 2.24) is 0 Å². The number of carbonyl (C=O) groups is 2. The predicted octanol–water partition coefficient (Wildman–Crippen LogP) is 2.16. The highest BCUT2D eigenvalue weighted by atomic mass is 32.1. The van der Waals surface area contributed by atoms with Crippen molar-refractivity contribution in [3.63, 3.8) is 0 Å². The Hall–Kier alpha value is -1.49. The molecular weight excluding hydrogens is 228 g/mol. The standard InChI is InChI=1S/C11H12O4S/c1-3-15-11(14)7-4-5-8(10(12)13)9(16)6(7)2/h4-5,16H,3H2,1-2H3,(H,12,13). The third-order valence-electron chi connectivity index (χ3n) is 2.16. The van der Waals surface area contributed by atoms with Gasteiger partial charge in [-0.1, -0.05) is 0 Å². The molecule has 1 rings (SSSR count). The highest BCUT2D eigenvalue weighted by Crippen LogP contribution is 2.23. The van der Waals surface area contributed by atoms with E-state index in [2.05, 4.69) is 12.6 Å². The monoisotopic (exact) mass is 240 g/mol. The first kappa shape index (κ1) is 12.6. The number of rotatable bonds is 3. The van der Waals surface area contributed by atoms with Crippen LogP contribution in [0.5, 0.6) is 0 Å². The molecule has 5 heteroatoms. The van der Waals surface area contributed by atoms with Gasteiger partial charge in [-0.2, -0.15) is 0 Å². The summed E-state index contributed by atoms with van der Waals surface area (Å²) in [4.78, 5) is 22.6. The molecule has 0 amide bonds. The zero-order valence-electron chi connectivity index (χ0n) is 8.98. The average Bonchev–Trinajstić information content (AvgIpc) is 2.21. The fourth-order valence-electron chi connectivity index (χ4n) is 1.30. The maximum absolute atomic E-state index is 11.5. The first-order valence-electron chi connectivity index (χ1n) is 4.72. The molecule has 0 aliphatic heterocycles. The van der Waals surface area contributed by atoms with E-state index in [1.807, 2.05) is 0 Å². The first-order chi connectivity index (χ1) is 7.49. The van der Waals surface area contributed by atoms with Gasteiger partial charge >= 0.3 is 11.9 Å². The molecule has 0 bridgehead atoms. The molecule has 16 heavy (non-hydrogen) atoms. The lowest BCUT2D eigenvalue weighted by Crippen LogP contribution is -2.09. The third kappa shape index (κ3) is 2.36. The molecule has 0 aromatic heterocycles. The number of carboxylic acid groups (broad SMARTS) is 1. The molecule has 1 aromatic carbocycles. The quantitative estimate of drug-likeness (QED) is 0.627. The van der Waals surface area contributed by atoms with Gasteiger partial charge in [-0.15, -0.1) is 12.6 Å². The van der Waals surface area contributed by atoms with Crippen LogP contribution in [0.15, 0.2) is 17.0 Å². The second kappa shape index (κ2) is 5.03. The zero-order valence-corrected chi connectivity index (χ0v) is 9.88. The summed E-state index contributed by atoms with van der Waals surface area (Å²) in [6.07, 6.45) is 0. The van der Waals surface area contributed by atoms with Crippen LogP contribution < -0.4 is 0 Å². The molecule has 86 valence electrons. The van der Waals surface area contributed by atoms with Gasteiger partial charge in [-0.05, 0) is 31.5 Å². The summed E-state index contributed by atoms with van der Waals surface area (Å²) < 4.78 is 4.84. The van der Waals surface area contributed by atoms with E-state index >= 15 is 0 Å². The van der Waals surface area contributed by atoms with E-state index in [1.54, 1.807) is 13.8 Å². The number of ether oxygens (including phenoxy) is 1. The summed E-state index contributed by atoms with van der Waals surface area (Å²) in [5, 5.41) is 8.86. The molecule has 0 atom stereocenters. The van der Waals surface area contributed by atoms with Crippen molar-refractivity contribution in [2.75, 3.05) is 6.61 Å². The van der Waals surface area contributed by atoms with Gasteiger partial charge in [0.15, 0.2) is 0 Å². The van der Waals surface area contributed by atoms with Crippen LogP contribution in [-0.2, 0) is 4.74 Å². The predicted molar refractivity (Wildman–Crippen MR) is 61.3 cm³/mol. The fourth-order valence-corrected chi connectivity index (χ4v) is 1.59. The van der Waals surface area contributed by atoms with E-state index in [0.29, 0.717) is 11.1 Å². The lowest BCUT2D eigenvalue weighted by Gasteiger charge is -2.09. The highest BCUT2D eigenvalue weighted by molar-refractivity contribution is 7.80. The molecular formula is C11H12O4S. The van der Waals surface area contributed by atoms with Gasteiger partial charge < -0.3 is 9.84 Å². The number of carboxylic acids is 1. The van der Waals surface area contributed by atoms with Crippen LogP contribution in [0, 0.1) is 6.92 Å². The fraction of sp³-hybridized carbons (Fsp3) is 0.273. The minimum atomic E-state index is -1.07. The molecule has 1 N–H and O–H groups in total. The Labute approximate surface area is 98.6 Å². The van der Waals surface area contributed by atoms with Gasteiger partial charge in [-0.25, -0.2) is 9.59 Å². The van der Waals surface area contributed by atoms with Gasteiger partial charge in [0.2, 0.25) is 0 Å². The molecule has 0 fully saturated rings. The van der Waals surface area contributed by atoms with Crippen molar-refractivity contribution in [2.45, 2.75) is 18.7 Å². The largest absolute Gasteiger partial charge is 0.478 e. The summed E-state index contributed by atoms with van der Waals surface area (Å²) in [7, 11) is 0. The number of esters is 1. The Morgan fingerprint density at radius 1 is 1.38 bits per heavy atom. The third-order valence-corrected chi connectivity index (χ3v) is 2.73. The van der Waals surface area contributed by atoms with E-state index in [-0.39, 0.29) is 17.1 Å². The summed E-state index contributed by atoms with van der Waals surface area (Å²) in [5.74, 6) is -1.53. The number of carbonyl (C=O) groups excluding carboxylic acids is 1. The van der Waals surface area contributed by atoms with Crippen LogP contribution in [0.2, 0.25) is 0 Å². The Morgan fingerprint density at radius 3 is 2.44 bits per heavy atom. The van der Waals surface area contributed by atoms with Crippen LogP contribution in [-0.4, -0.2) is 23.7 Å². The van der Waals surface area contributed by atoms with Crippen LogP contribution in [0.4, 0.5) is 0 Å². The summed E-state index contributed by atoms with van der Waals surface area (Å²) >= 11 is 4.09. The lowest BCUT2D eigenvalue weighted by molar-refractivity contribution is 0.0523. The van der Waals surface area contributed by atoms with Crippen molar-refractivity contribution in [2.24, 2.45) is 0 Å². The zero-order chi connectivity index (χ0) is 12.3. The van der Waals surface area contributed by atoms with E-state index < -0.39 is 11.9 Å². The Morgan fingerprint density at radius 2 is 1.94 bits per heavy atom. The van der Waals surface area contributed by atoms with Crippen LogP contribution in [0.3, 0.4) is 0 Å². The molecule has 0 radical (unpaired) electrons. The average molecular weight is 240 g/mol. The molecule has 0 spiro atoms. The normalized spacial score (nSPS) is 9.94. The van der Waals surface area contributed by atoms with E-state index in [0.717, 1.165) is 0 Å². The minimum absolute atomic E-state index is 0.0777. The molecule has 4 nitrogen and oxygen atoms in total. The van der Waals surface area contributed by atoms with Crippen LogP contribution in [0.1, 0.15) is 33.2 Å². The number of hydrogen-bond acceptors (Lipinski definition) is 4. The van der Waals surface area contributed by atoms with E-state index in [9.17, 15) is 9.59 Å². The Bertz CT molecular complexity index is 440. The van der Waals surface area contributed by atoms with Crippen LogP contribution >= 0.6 is 12.6 Å². The maximum atomic E-state index is 11.5. The topological polar surface area (TPSA) is 63.6 Å². The number of hydrogen-bond donors (Lipinski definition) is 2. The lowest BCUT2D eigenvalue weighted by atomic mass is 10.0. The number of thiol groups is 1. The van der Waals surface area contributed by atoms with Crippen molar-refractivity contribution in [3.05, 3.63) is 28.8 Å². The van der Waals surface area contributed by atoms with Gasteiger partial charge in [-0.3, -0.25) is 0 Å². The van der Waals surface area contributed by atoms with Gasteiger partial charge in [0.1, 0.15) is 0 Å². The second-order valence-electron chi connectivity index (χ2n) is 3.16. The SMILES string of the molecule is CCOC(=O)c1ccc(C(=O)O)c(S)c1C. The Kier molecular flexibility index (Phi) is 3.95. The Balaban J connectivity index is 3.21. The molecule has 0 aliphatic carbocycles. The molecule has 0 saturated carbocycles. The minimum Gasteiger partial charge on any atom is -0.478 e. The van der Waals surface area contributed by atoms with Crippen molar-refractivity contribution in [3.8, 4) is 0 Å². The van der Waals surface area contributed by atoms with Crippen molar-refractivity contribution in [1.29, 1.82) is 0 Å². The summed E-state index contributed by atoms with van der Waals surface area (Å²) in [6.45, 7) is 3.63. The van der Waals surface area contributed by atoms with E-state index in [4.69, 9.17) is 9.84 Å².